The van der Waals surface area contributed by atoms with Crippen molar-refractivity contribution >= 4 is 11.8 Å². The first-order valence-corrected chi connectivity index (χ1v) is 7.48. The summed E-state index contributed by atoms with van der Waals surface area (Å²) in [4.78, 5) is 26.2. The highest BCUT2D eigenvalue weighted by atomic mass is 16.2. The Balaban J connectivity index is 1.73. The number of piperidine rings is 1. The van der Waals surface area contributed by atoms with E-state index in [9.17, 15) is 9.59 Å². The van der Waals surface area contributed by atoms with Gasteiger partial charge in [0.15, 0.2) is 0 Å². The zero-order valence-corrected chi connectivity index (χ0v) is 12.3. The van der Waals surface area contributed by atoms with Crippen LogP contribution in [0.1, 0.15) is 25.3 Å². The lowest BCUT2D eigenvalue weighted by molar-refractivity contribution is -0.142. The number of nitrogens with zero attached hydrogens (tertiary/aromatic N) is 1. The maximum atomic E-state index is 12.3. The van der Waals surface area contributed by atoms with Gasteiger partial charge in [-0.25, -0.2) is 0 Å². The molecule has 112 valence electrons. The maximum Gasteiger partial charge on any atom is 0.248 e. The fourth-order valence-corrected chi connectivity index (χ4v) is 3.31. The first-order chi connectivity index (χ1) is 10.1. The van der Waals surface area contributed by atoms with Crippen molar-refractivity contribution in [2.75, 3.05) is 13.1 Å². The van der Waals surface area contributed by atoms with Gasteiger partial charge in [-0.05, 0) is 31.9 Å². The Labute approximate surface area is 124 Å². The van der Waals surface area contributed by atoms with Crippen LogP contribution in [-0.4, -0.2) is 41.4 Å². The van der Waals surface area contributed by atoms with Crippen molar-refractivity contribution in [1.29, 1.82) is 0 Å². The summed E-state index contributed by atoms with van der Waals surface area (Å²) < 4.78 is 0. The van der Waals surface area contributed by atoms with Crippen LogP contribution in [0.25, 0.3) is 0 Å². The molecule has 2 aliphatic heterocycles. The van der Waals surface area contributed by atoms with Crippen LogP contribution in [-0.2, 0) is 16.1 Å². The molecule has 21 heavy (non-hydrogen) atoms. The van der Waals surface area contributed by atoms with Gasteiger partial charge in [0.25, 0.3) is 0 Å². The van der Waals surface area contributed by atoms with Gasteiger partial charge in [0.1, 0.15) is 5.54 Å². The molecule has 0 radical (unpaired) electrons. The van der Waals surface area contributed by atoms with Gasteiger partial charge in [-0.3, -0.25) is 25.1 Å². The minimum atomic E-state index is -0.625. The predicted molar refractivity (Wildman–Crippen MR) is 79.4 cm³/mol. The number of piperazine rings is 1. The maximum absolute atomic E-state index is 12.3. The summed E-state index contributed by atoms with van der Waals surface area (Å²) in [7, 11) is 0. The summed E-state index contributed by atoms with van der Waals surface area (Å²) >= 11 is 0. The van der Waals surface area contributed by atoms with Crippen molar-refractivity contribution in [1.82, 2.24) is 15.5 Å². The summed E-state index contributed by atoms with van der Waals surface area (Å²) in [5.41, 5.74) is 0.621. The van der Waals surface area contributed by atoms with Crippen LogP contribution in [0.4, 0.5) is 0 Å². The summed E-state index contributed by atoms with van der Waals surface area (Å²) in [6, 6.07) is 9.94. The van der Waals surface area contributed by atoms with Crippen LogP contribution < -0.4 is 10.6 Å². The van der Waals surface area contributed by atoms with Gasteiger partial charge in [0.2, 0.25) is 11.8 Å². The molecule has 1 aromatic rings. The van der Waals surface area contributed by atoms with Crippen LogP contribution in [0.5, 0.6) is 0 Å². The predicted octanol–water partition coefficient (Wildman–Crippen LogP) is 0.656. The number of likely N-dealkylation sites (tertiary alicyclic amines) is 1. The molecule has 2 unspecified atom stereocenters. The van der Waals surface area contributed by atoms with E-state index in [1.54, 1.807) is 6.92 Å². The molecule has 3 rings (SSSR count). The van der Waals surface area contributed by atoms with E-state index in [0.717, 1.165) is 25.9 Å². The van der Waals surface area contributed by atoms with Crippen molar-refractivity contribution < 1.29 is 9.59 Å². The van der Waals surface area contributed by atoms with E-state index in [-0.39, 0.29) is 17.9 Å². The van der Waals surface area contributed by atoms with E-state index in [1.807, 2.05) is 18.2 Å². The minimum absolute atomic E-state index is 0.177. The highest BCUT2D eigenvalue weighted by molar-refractivity contribution is 6.04. The van der Waals surface area contributed by atoms with E-state index in [4.69, 9.17) is 0 Å². The molecule has 2 aliphatic rings. The normalized spacial score (nSPS) is 30.4. The Kier molecular flexibility index (Phi) is 3.78. The van der Waals surface area contributed by atoms with E-state index in [0.29, 0.717) is 6.54 Å². The van der Waals surface area contributed by atoms with Crippen LogP contribution in [0.3, 0.4) is 0 Å². The van der Waals surface area contributed by atoms with Crippen molar-refractivity contribution in [2.24, 2.45) is 0 Å². The van der Waals surface area contributed by atoms with E-state index in [1.165, 1.54) is 5.56 Å². The third kappa shape index (κ3) is 2.84. The van der Waals surface area contributed by atoms with Crippen LogP contribution >= 0.6 is 0 Å². The first kappa shape index (κ1) is 14.2. The quantitative estimate of drug-likeness (QED) is 0.784. The second-order valence-corrected chi connectivity index (χ2v) is 6.07. The number of benzene rings is 1. The second kappa shape index (κ2) is 5.58. The number of nitrogens with one attached hydrogen (secondary N) is 2. The Morgan fingerprint density at radius 1 is 1.29 bits per heavy atom. The van der Waals surface area contributed by atoms with E-state index < -0.39 is 5.54 Å². The molecule has 0 bridgehead atoms. The number of imide groups is 1. The molecule has 2 amide bonds. The Morgan fingerprint density at radius 3 is 2.81 bits per heavy atom. The third-order valence-electron chi connectivity index (χ3n) is 4.38. The van der Waals surface area contributed by atoms with Gasteiger partial charge >= 0.3 is 0 Å². The Hall–Kier alpha value is -1.72. The Bertz CT molecular complexity index is 546. The molecule has 5 nitrogen and oxygen atoms in total. The smallest absolute Gasteiger partial charge is 0.248 e. The molecule has 1 aromatic carbocycles. The zero-order valence-electron chi connectivity index (χ0n) is 12.3. The Morgan fingerprint density at radius 2 is 2.05 bits per heavy atom. The standard InChI is InChI=1S/C16H21N3O2/c1-12-14(20)17-15(21)16(18-12)8-5-9-19(11-16)10-13-6-3-2-4-7-13/h2-4,6-7,12,18H,5,8-11H2,1H3,(H,17,20,21). The highest BCUT2D eigenvalue weighted by Gasteiger charge is 2.47. The van der Waals surface area contributed by atoms with Crippen molar-refractivity contribution in [2.45, 2.75) is 37.9 Å². The monoisotopic (exact) mass is 287 g/mol. The molecule has 2 N–H and O–H groups in total. The SMILES string of the molecule is CC1NC2(CCCN(Cc3ccccc3)C2)C(=O)NC1=O. The lowest BCUT2D eigenvalue weighted by atomic mass is 9.85. The summed E-state index contributed by atoms with van der Waals surface area (Å²) in [6.45, 7) is 4.26. The minimum Gasteiger partial charge on any atom is -0.297 e. The number of carbonyl (C=O) groups is 2. The van der Waals surface area contributed by atoms with Gasteiger partial charge in [-0.2, -0.15) is 0 Å². The molecule has 2 atom stereocenters. The fraction of sp³-hybridized carbons (Fsp3) is 0.500. The molecular weight excluding hydrogens is 266 g/mol. The summed E-state index contributed by atoms with van der Waals surface area (Å²) in [5, 5.41) is 5.75. The fourth-order valence-electron chi connectivity index (χ4n) is 3.31. The van der Waals surface area contributed by atoms with E-state index in [2.05, 4.69) is 27.7 Å². The molecule has 0 aromatic heterocycles. The van der Waals surface area contributed by atoms with Gasteiger partial charge in [-0.15, -0.1) is 0 Å². The number of rotatable bonds is 2. The van der Waals surface area contributed by atoms with Gasteiger partial charge in [0, 0.05) is 13.1 Å². The summed E-state index contributed by atoms with van der Waals surface area (Å²) in [5.74, 6) is -0.408. The average molecular weight is 287 g/mol. The summed E-state index contributed by atoms with van der Waals surface area (Å²) in [6.07, 6.45) is 1.73. The molecule has 0 saturated carbocycles. The second-order valence-electron chi connectivity index (χ2n) is 6.07. The van der Waals surface area contributed by atoms with Crippen molar-refractivity contribution in [3.8, 4) is 0 Å². The van der Waals surface area contributed by atoms with E-state index >= 15 is 0 Å². The van der Waals surface area contributed by atoms with Gasteiger partial charge in [0.05, 0.1) is 6.04 Å². The van der Waals surface area contributed by atoms with Crippen molar-refractivity contribution in [3.63, 3.8) is 0 Å². The molecule has 2 fully saturated rings. The van der Waals surface area contributed by atoms with Crippen LogP contribution in [0, 0.1) is 0 Å². The van der Waals surface area contributed by atoms with Crippen molar-refractivity contribution in [3.05, 3.63) is 35.9 Å². The molecule has 5 heteroatoms. The highest BCUT2D eigenvalue weighted by Crippen LogP contribution is 2.25. The average Bonchev–Trinajstić information content (AvgIpc) is 2.47. The first-order valence-electron chi connectivity index (χ1n) is 7.48. The number of amides is 2. The zero-order chi connectivity index (χ0) is 14.9. The van der Waals surface area contributed by atoms with Gasteiger partial charge < -0.3 is 0 Å². The molecule has 1 spiro atoms. The lowest BCUT2D eigenvalue weighted by Crippen LogP contribution is -2.73. The van der Waals surface area contributed by atoms with Crippen LogP contribution in [0.15, 0.2) is 30.3 Å². The number of carbonyl (C=O) groups excluding carboxylic acids is 2. The third-order valence-corrected chi connectivity index (χ3v) is 4.38. The molecule has 2 saturated heterocycles. The van der Waals surface area contributed by atoms with Gasteiger partial charge in [-0.1, -0.05) is 30.3 Å². The molecule has 0 aliphatic carbocycles. The number of hydrogen-bond donors (Lipinski definition) is 2. The largest absolute Gasteiger partial charge is 0.297 e. The molecule has 2 heterocycles. The lowest BCUT2D eigenvalue weighted by Gasteiger charge is -2.45. The molecular formula is C16H21N3O2. The topological polar surface area (TPSA) is 61.4 Å². The number of hydrogen-bond acceptors (Lipinski definition) is 4. The van der Waals surface area contributed by atoms with Crippen LogP contribution in [0.2, 0.25) is 0 Å².